The van der Waals surface area contributed by atoms with Crippen LogP contribution >= 0.6 is 0 Å². The molecule has 0 bridgehead atoms. The number of nitrogens with two attached hydrogens (primary N) is 1. The fourth-order valence-electron chi connectivity index (χ4n) is 4.10. The molecule has 0 radical (unpaired) electrons. The van der Waals surface area contributed by atoms with E-state index >= 15 is 0 Å². The highest BCUT2D eigenvalue weighted by molar-refractivity contribution is 5.84. The van der Waals surface area contributed by atoms with Crippen LogP contribution in [0.4, 0.5) is 8.78 Å². The lowest BCUT2D eigenvalue weighted by Crippen LogP contribution is -2.57. The van der Waals surface area contributed by atoms with E-state index in [1.807, 2.05) is 13.8 Å². The largest absolute Gasteiger partial charge is 0.345 e. The monoisotopic (exact) mass is 405 g/mol. The third-order valence-corrected chi connectivity index (χ3v) is 5.59. The molecule has 1 saturated heterocycles. The van der Waals surface area contributed by atoms with E-state index in [1.54, 1.807) is 6.07 Å². The second-order valence-electron chi connectivity index (χ2n) is 8.87. The number of aromatic nitrogens is 2. The standard InChI is InChI=1S/C21H29F2N5O/c1-13-8-21(12-25-10-13,28-16(29)9-20(2,3)11-24)15-5-4-14(19(22)23)17-18(15)27-7-6-26-17/h4-7,13,19,25H,8-12,24H2,1-3H3,(H,28,29)/t13-,21-/m0/s1. The van der Waals surface area contributed by atoms with Gasteiger partial charge in [-0.05, 0) is 30.8 Å². The maximum atomic E-state index is 13.5. The van der Waals surface area contributed by atoms with Crippen LogP contribution in [-0.4, -0.2) is 35.5 Å². The van der Waals surface area contributed by atoms with Crippen molar-refractivity contribution >= 4 is 16.9 Å². The number of hydrogen-bond donors (Lipinski definition) is 3. The van der Waals surface area contributed by atoms with Crippen LogP contribution < -0.4 is 16.4 Å². The first-order valence-electron chi connectivity index (χ1n) is 9.91. The van der Waals surface area contributed by atoms with Gasteiger partial charge in [0.1, 0.15) is 0 Å². The lowest BCUT2D eigenvalue weighted by atomic mass is 9.77. The van der Waals surface area contributed by atoms with Crippen molar-refractivity contribution in [1.82, 2.24) is 20.6 Å². The average Bonchev–Trinajstić information content (AvgIpc) is 2.66. The number of halogens is 2. The zero-order valence-corrected chi connectivity index (χ0v) is 17.1. The number of benzene rings is 1. The Balaban J connectivity index is 2.09. The Bertz CT molecular complexity index is 889. The topological polar surface area (TPSA) is 92.9 Å². The predicted molar refractivity (Wildman–Crippen MR) is 108 cm³/mol. The number of alkyl halides is 2. The highest BCUT2D eigenvalue weighted by atomic mass is 19.3. The number of carbonyl (C=O) groups excluding carboxylic acids is 1. The molecule has 1 fully saturated rings. The van der Waals surface area contributed by atoms with Crippen LogP contribution in [0, 0.1) is 11.3 Å². The van der Waals surface area contributed by atoms with Crippen LogP contribution in [0.25, 0.3) is 11.0 Å². The zero-order valence-electron chi connectivity index (χ0n) is 17.1. The summed E-state index contributed by atoms with van der Waals surface area (Å²) >= 11 is 0. The molecule has 3 rings (SSSR count). The van der Waals surface area contributed by atoms with Crippen molar-refractivity contribution in [2.75, 3.05) is 19.6 Å². The summed E-state index contributed by atoms with van der Waals surface area (Å²) in [5.41, 5.74) is 5.84. The Morgan fingerprint density at radius 2 is 2.03 bits per heavy atom. The molecule has 158 valence electrons. The summed E-state index contributed by atoms with van der Waals surface area (Å²) in [4.78, 5) is 21.5. The van der Waals surface area contributed by atoms with Gasteiger partial charge in [-0.1, -0.05) is 32.9 Å². The highest BCUT2D eigenvalue weighted by Crippen LogP contribution is 2.37. The van der Waals surface area contributed by atoms with Gasteiger partial charge < -0.3 is 16.4 Å². The van der Waals surface area contributed by atoms with Gasteiger partial charge in [0.2, 0.25) is 5.91 Å². The first-order valence-corrected chi connectivity index (χ1v) is 9.91. The van der Waals surface area contributed by atoms with Crippen LogP contribution in [0.5, 0.6) is 0 Å². The summed E-state index contributed by atoms with van der Waals surface area (Å²) in [6, 6.07) is 3.06. The highest BCUT2D eigenvalue weighted by Gasteiger charge is 2.40. The summed E-state index contributed by atoms with van der Waals surface area (Å²) in [7, 11) is 0. The van der Waals surface area contributed by atoms with Crippen molar-refractivity contribution in [2.24, 2.45) is 17.1 Å². The summed E-state index contributed by atoms with van der Waals surface area (Å²) in [6.45, 7) is 7.69. The minimum Gasteiger partial charge on any atom is -0.345 e. The van der Waals surface area contributed by atoms with Gasteiger partial charge in [0.25, 0.3) is 6.43 Å². The molecule has 1 aromatic heterocycles. The zero-order chi connectivity index (χ0) is 21.2. The smallest absolute Gasteiger partial charge is 0.266 e. The SMILES string of the molecule is C[C@@H]1CNC[C@](NC(=O)CC(C)(C)CN)(c2ccc(C(F)F)c3nccnc23)C1. The molecule has 2 atom stereocenters. The normalized spacial score (nSPS) is 22.8. The van der Waals surface area contributed by atoms with Crippen LogP contribution in [0.1, 0.15) is 51.2 Å². The number of rotatable bonds is 6. The van der Waals surface area contributed by atoms with Crippen LogP contribution in [0.3, 0.4) is 0 Å². The van der Waals surface area contributed by atoms with Gasteiger partial charge in [-0.15, -0.1) is 0 Å². The van der Waals surface area contributed by atoms with Gasteiger partial charge in [-0.3, -0.25) is 14.8 Å². The Labute approximate surface area is 169 Å². The number of amides is 1. The van der Waals surface area contributed by atoms with Crippen LogP contribution in [0.2, 0.25) is 0 Å². The Morgan fingerprint density at radius 3 is 2.66 bits per heavy atom. The number of piperidine rings is 1. The van der Waals surface area contributed by atoms with Crippen molar-refractivity contribution in [3.05, 3.63) is 35.7 Å². The molecule has 8 heteroatoms. The van der Waals surface area contributed by atoms with E-state index in [0.29, 0.717) is 30.6 Å². The first-order chi connectivity index (χ1) is 13.7. The number of hydrogen-bond acceptors (Lipinski definition) is 5. The average molecular weight is 405 g/mol. The molecule has 0 saturated carbocycles. The molecule has 29 heavy (non-hydrogen) atoms. The molecule has 4 N–H and O–H groups in total. The maximum Gasteiger partial charge on any atom is 0.266 e. The van der Waals surface area contributed by atoms with Gasteiger partial charge >= 0.3 is 0 Å². The lowest BCUT2D eigenvalue weighted by Gasteiger charge is -2.42. The summed E-state index contributed by atoms with van der Waals surface area (Å²) in [5, 5.41) is 6.57. The number of nitrogens with one attached hydrogen (secondary N) is 2. The van der Waals surface area contributed by atoms with Gasteiger partial charge in [0, 0.05) is 36.5 Å². The van der Waals surface area contributed by atoms with Crippen molar-refractivity contribution in [2.45, 2.75) is 45.6 Å². The maximum absolute atomic E-state index is 13.5. The number of carbonyl (C=O) groups is 1. The molecule has 1 amide bonds. The Kier molecular flexibility index (Phi) is 6.14. The van der Waals surface area contributed by atoms with Crippen molar-refractivity contribution in [3.8, 4) is 0 Å². The van der Waals surface area contributed by atoms with E-state index in [1.165, 1.54) is 18.5 Å². The van der Waals surface area contributed by atoms with E-state index in [2.05, 4.69) is 27.5 Å². The number of nitrogens with zero attached hydrogens (tertiary/aromatic N) is 2. The molecule has 2 aromatic rings. The summed E-state index contributed by atoms with van der Waals surface area (Å²) in [5.74, 6) is 0.166. The van der Waals surface area contributed by atoms with E-state index in [-0.39, 0.29) is 34.7 Å². The molecule has 0 aliphatic carbocycles. The molecule has 2 heterocycles. The quantitative estimate of drug-likeness (QED) is 0.687. The van der Waals surface area contributed by atoms with Gasteiger partial charge in [0.05, 0.1) is 16.6 Å². The van der Waals surface area contributed by atoms with Crippen molar-refractivity contribution in [3.63, 3.8) is 0 Å². The lowest BCUT2D eigenvalue weighted by molar-refractivity contribution is -0.125. The van der Waals surface area contributed by atoms with Gasteiger partial charge in [0.15, 0.2) is 0 Å². The van der Waals surface area contributed by atoms with E-state index in [4.69, 9.17) is 5.73 Å². The third-order valence-electron chi connectivity index (χ3n) is 5.59. The van der Waals surface area contributed by atoms with E-state index in [9.17, 15) is 13.6 Å². The Morgan fingerprint density at radius 1 is 1.34 bits per heavy atom. The first kappa shape index (κ1) is 21.5. The Hall–Kier alpha value is -2.19. The summed E-state index contributed by atoms with van der Waals surface area (Å²) in [6.07, 6.45) is 1.21. The fourth-order valence-corrected chi connectivity index (χ4v) is 4.10. The van der Waals surface area contributed by atoms with E-state index < -0.39 is 12.0 Å². The molecule has 0 unspecified atom stereocenters. The molecule has 1 aromatic carbocycles. The fraction of sp³-hybridized carbons (Fsp3) is 0.571. The molecular formula is C21H29F2N5O. The second kappa shape index (κ2) is 8.28. The van der Waals surface area contributed by atoms with Gasteiger partial charge in [-0.2, -0.15) is 0 Å². The van der Waals surface area contributed by atoms with E-state index in [0.717, 1.165) is 6.54 Å². The van der Waals surface area contributed by atoms with Crippen molar-refractivity contribution < 1.29 is 13.6 Å². The van der Waals surface area contributed by atoms with Crippen LogP contribution in [-0.2, 0) is 10.3 Å². The minimum atomic E-state index is -2.65. The van der Waals surface area contributed by atoms with Crippen molar-refractivity contribution in [1.29, 1.82) is 0 Å². The minimum absolute atomic E-state index is 0.119. The van der Waals surface area contributed by atoms with Crippen LogP contribution in [0.15, 0.2) is 24.5 Å². The molecule has 6 nitrogen and oxygen atoms in total. The molecule has 1 aliphatic heterocycles. The third kappa shape index (κ3) is 4.53. The van der Waals surface area contributed by atoms with Gasteiger partial charge in [-0.25, -0.2) is 8.78 Å². The molecule has 1 aliphatic rings. The number of fused-ring (bicyclic) bond motifs is 1. The molecular weight excluding hydrogens is 376 g/mol. The molecule has 0 spiro atoms. The summed E-state index contributed by atoms with van der Waals surface area (Å²) < 4.78 is 27.0. The second-order valence-corrected chi connectivity index (χ2v) is 8.87. The predicted octanol–water partition coefficient (Wildman–Crippen LogP) is 2.88.